The minimum atomic E-state index is -0.176. The average molecular weight is 303 g/mol. The molecule has 0 bridgehead atoms. The molecule has 1 aliphatic heterocycles. The zero-order chi connectivity index (χ0) is 15.5. The van der Waals surface area contributed by atoms with E-state index in [2.05, 4.69) is 16.3 Å². The van der Waals surface area contributed by atoms with Gasteiger partial charge < -0.3 is 20.2 Å². The molecule has 22 heavy (non-hydrogen) atoms. The zero-order valence-electron chi connectivity index (χ0n) is 13.2. The number of amides is 1. The maximum absolute atomic E-state index is 12.1. The summed E-state index contributed by atoms with van der Waals surface area (Å²) in [5.41, 5.74) is 2.12. The lowest BCUT2D eigenvalue weighted by Crippen LogP contribution is -2.37. The molecule has 1 aliphatic carbocycles. The maximum atomic E-state index is 12.1. The summed E-state index contributed by atoms with van der Waals surface area (Å²) in [5, 5.41) is 12.9. The molecular weight excluding hydrogens is 278 g/mol. The molecule has 0 aromatic heterocycles. The Balaban J connectivity index is 1.62. The molecule has 1 aromatic rings. The van der Waals surface area contributed by atoms with Crippen molar-refractivity contribution in [3.05, 3.63) is 24.3 Å². The van der Waals surface area contributed by atoms with Crippen LogP contribution >= 0.6 is 0 Å². The van der Waals surface area contributed by atoms with Crippen molar-refractivity contribution >= 4 is 17.3 Å². The third-order valence-electron chi connectivity index (χ3n) is 4.63. The molecule has 1 amide bonds. The second-order valence-corrected chi connectivity index (χ2v) is 6.32. The number of nitrogens with one attached hydrogen (secondary N) is 1. The van der Waals surface area contributed by atoms with E-state index in [1.165, 1.54) is 0 Å². The van der Waals surface area contributed by atoms with Gasteiger partial charge in [-0.25, -0.2) is 0 Å². The Bertz CT molecular complexity index is 522. The number of aliphatic hydroxyl groups is 1. The van der Waals surface area contributed by atoms with Gasteiger partial charge in [0.05, 0.1) is 24.0 Å². The molecule has 5 heteroatoms. The minimum Gasteiger partial charge on any atom is -0.393 e. The fourth-order valence-corrected chi connectivity index (χ4v) is 2.97. The van der Waals surface area contributed by atoms with Crippen molar-refractivity contribution in [1.82, 2.24) is 4.90 Å². The number of hydrogen-bond acceptors (Lipinski definition) is 4. The van der Waals surface area contributed by atoms with Crippen molar-refractivity contribution in [1.29, 1.82) is 0 Å². The van der Waals surface area contributed by atoms with Gasteiger partial charge in [-0.05, 0) is 37.8 Å². The van der Waals surface area contributed by atoms with Crippen LogP contribution in [0.4, 0.5) is 11.4 Å². The first-order valence-electron chi connectivity index (χ1n) is 8.16. The van der Waals surface area contributed by atoms with Gasteiger partial charge >= 0.3 is 0 Å². The minimum absolute atomic E-state index is 0.145. The number of piperidine rings is 1. The Morgan fingerprint density at radius 2 is 1.95 bits per heavy atom. The van der Waals surface area contributed by atoms with Gasteiger partial charge in [0, 0.05) is 26.2 Å². The topological polar surface area (TPSA) is 55.8 Å². The van der Waals surface area contributed by atoms with E-state index in [9.17, 15) is 9.90 Å². The third-order valence-corrected chi connectivity index (χ3v) is 4.63. The molecule has 1 aromatic carbocycles. The Labute approximate surface area is 131 Å². The normalized spacial score (nSPS) is 19.1. The number of aliphatic hydroxyl groups excluding tert-OH is 1. The van der Waals surface area contributed by atoms with Gasteiger partial charge in [0.15, 0.2) is 0 Å². The second-order valence-electron chi connectivity index (χ2n) is 6.32. The molecule has 2 N–H and O–H groups in total. The van der Waals surface area contributed by atoms with E-state index in [-0.39, 0.29) is 12.0 Å². The molecular formula is C17H25N3O2. The summed E-state index contributed by atoms with van der Waals surface area (Å²) in [4.78, 5) is 16.3. The molecule has 5 nitrogen and oxygen atoms in total. The third kappa shape index (κ3) is 3.53. The van der Waals surface area contributed by atoms with E-state index in [0.717, 1.165) is 50.1 Å². The number of carbonyl (C=O) groups is 1. The van der Waals surface area contributed by atoms with Gasteiger partial charge in [0.1, 0.15) is 0 Å². The summed E-state index contributed by atoms with van der Waals surface area (Å²) < 4.78 is 0. The van der Waals surface area contributed by atoms with Crippen LogP contribution in [0.5, 0.6) is 0 Å². The largest absolute Gasteiger partial charge is 0.393 e. The predicted octanol–water partition coefficient (Wildman–Crippen LogP) is 1.68. The Morgan fingerprint density at radius 3 is 2.64 bits per heavy atom. The highest BCUT2D eigenvalue weighted by atomic mass is 16.3. The van der Waals surface area contributed by atoms with Crippen LogP contribution in [0, 0.1) is 0 Å². The number of rotatable bonds is 5. The number of para-hydroxylation sites is 2. The molecule has 0 unspecified atom stereocenters. The summed E-state index contributed by atoms with van der Waals surface area (Å²) in [7, 11) is 1.89. The highest BCUT2D eigenvalue weighted by Crippen LogP contribution is 2.29. The molecule has 0 atom stereocenters. The molecule has 2 fully saturated rings. The summed E-state index contributed by atoms with van der Waals surface area (Å²) >= 11 is 0. The van der Waals surface area contributed by atoms with E-state index in [1.54, 1.807) is 0 Å². The fraction of sp³-hybridized carbons (Fsp3) is 0.588. The molecule has 2 aliphatic rings. The van der Waals surface area contributed by atoms with Crippen LogP contribution in [0.2, 0.25) is 0 Å². The van der Waals surface area contributed by atoms with Crippen molar-refractivity contribution in [2.24, 2.45) is 0 Å². The first-order valence-corrected chi connectivity index (χ1v) is 8.16. The van der Waals surface area contributed by atoms with Gasteiger partial charge in [-0.3, -0.25) is 4.79 Å². The van der Waals surface area contributed by atoms with Crippen LogP contribution in [0.15, 0.2) is 24.3 Å². The second kappa shape index (κ2) is 6.57. The molecule has 3 rings (SSSR count). The number of likely N-dealkylation sites (N-methyl/N-ethyl adjacent to an activating group) is 1. The predicted molar refractivity (Wildman–Crippen MR) is 88.2 cm³/mol. The lowest BCUT2D eigenvalue weighted by Gasteiger charge is -2.33. The molecule has 120 valence electrons. The summed E-state index contributed by atoms with van der Waals surface area (Å²) in [6.45, 7) is 2.05. The van der Waals surface area contributed by atoms with Crippen LogP contribution in [0.3, 0.4) is 0 Å². The highest BCUT2D eigenvalue weighted by molar-refractivity contribution is 5.83. The average Bonchev–Trinajstić information content (AvgIpc) is 3.38. The Kier molecular flexibility index (Phi) is 4.52. The van der Waals surface area contributed by atoms with Crippen LogP contribution in [0.25, 0.3) is 0 Å². The maximum Gasteiger partial charge on any atom is 0.241 e. The first kappa shape index (κ1) is 15.2. The molecule has 0 spiro atoms. The van der Waals surface area contributed by atoms with Crippen molar-refractivity contribution in [3.8, 4) is 0 Å². The molecule has 1 saturated carbocycles. The van der Waals surface area contributed by atoms with Gasteiger partial charge in [-0.2, -0.15) is 0 Å². The van der Waals surface area contributed by atoms with Crippen molar-refractivity contribution in [2.45, 2.75) is 37.8 Å². The van der Waals surface area contributed by atoms with E-state index >= 15 is 0 Å². The van der Waals surface area contributed by atoms with Gasteiger partial charge in [0.2, 0.25) is 5.91 Å². The summed E-state index contributed by atoms with van der Waals surface area (Å²) in [6.07, 6.45) is 3.70. The molecule has 1 saturated heterocycles. The summed E-state index contributed by atoms with van der Waals surface area (Å²) in [5.74, 6) is 0.145. The Morgan fingerprint density at radius 1 is 1.27 bits per heavy atom. The molecule has 1 heterocycles. The van der Waals surface area contributed by atoms with Crippen LogP contribution in [-0.2, 0) is 4.79 Å². The van der Waals surface area contributed by atoms with Crippen LogP contribution in [0.1, 0.15) is 25.7 Å². The summed E-state index contributed by atoms with van der Waals surface area (Å²) in [6, 6.07) is 8.55. The SMILES string of the molecule is CN(C(=O)CNc1ccccc1N1CCC(O)CC1)C1CC1. The zero-order valence-corrected chi connectivity index (χ0v) is 13.2. The van der Waals surface area contributed by atoms with Gasteiger partial charge in [-0.1, -0.05) is 12.1 Å². The van der Waals surface area contributed by atoms with E-state index in [4.69, 9.17) is 0 Å². The lowest BCUT2D eigenvalue weighted by atomic mass is 10.1. The smallest absolute Gasteiger partial charge is 0.241 e. The van der Waals surface area contributed by atoms with Crippen molar-refractivity contribution in [3.63, 3.8) is 0 Å². The fourth-order valence-electron chi connectivity index (χ4n) is 2.97. The van der Waals surface area contributed by atoms with Gasteiger partial charge in [0.25, 0.3) is 0 Å². The Hall–Kier alpha value is -1.75. The first-order chi connectivity index (χ1) is 10.6. The van der Waals surface area contributed by atoms with E-state index in [0.29, 0.717) is 12.6 Å². The number of carbonyl (C=O) groups excluding carboxylic acids is 1. The number of nitrogens with zero attached hydrogens (tertiary/aromatic N) is 2. The van der Waals surface area contributed by atoms with Crippen molar-refractivity contribution < 1.29 is 9.90 Å². The monoisotopic (exact) mass is 303 g/mol. The van der Waals surface area contributed by atoms with Crippen LogP contribution in [-0.4, -0.2) is 54.7 Å². The number of benzene rings is 1. The highest BCUT2D eigenvalue weighted by Gasteiger charge is 2.29. The molecule has 0 radical (unpaired) electrons. The number of anilines is 2. The standard InChI is InChI=1S/C17H25N3O2/c1-19(13-6-7-13)17(22)12-18-15-4-2-3-5-16(15)20-10-8-14(21)9-11-20/h2-5,13-14,18,21H,6-12H2,1H3. The van der Waals surface area contributed by atoms with E-state index in [1.807, 2.05) is 30.1 Å². The quantitative estimate of drug-likeness (QED) is 0.869. The van der Waals surface area contributed by atoms with Crippen LogP contribution < -0.4 is 10.2 Å². The van der Waals surface area contributed by atoms with Crippen molar-refractivity contribution in [2.75, 3.05) is 36.9 Å². The lowest BCUT2D eigenvalue weighted by molar-refractivity contribution is -0.128. The van der Waals surface area contributed by atoms with E-state index < -0.39 is 0 Å². The number of hydrogen-bond donors (Lipinski definition) is 2. The van der Waals surface area contributed by atoms with Gasteiger partial charge in [-0.15, -0.1) is 0 Å².